The molecule has 17 heavy (non-hydrogen) atoms. The first kappa shape index (κ1) is 13.3. The minimum Gasteiger partial charge on any atom is -0.368 e. The number of primary amides is 1. The van der Waals surface area contributed by atoms with Gasteiger partial charge in [-0.1, -0.05) is 23.7 Å². The fourth-order valence-electron chi connectivity index (χ4n) is 1.12. The molecule has 0 atom stereocenters. The number of carbonyl (C=O) groups excluding carboxylic acids is 2. The standard InChI is InChI=1S/C12H13ClN2O2/c1-8-2-3-9(6-10(8)13)4-5-12(17)15-7-11(14)16/h2-6H,7H2,1H3,(H2,14,16)(H,15,17)/b5-4+. The fraction of sp³-hybridized carbons (Fsp3) is 0.167. The van der Waals surface area contributed by atoms with Crippen LogP contribution in [0.5, 0.6) is 0 Å². The van der Waals surface area contributed by atoms with Gasteiger partial charge in [0.1, 0.15) is 0 Å². The molecule has 5 heteroatoms. The molecule has 0 saturated carbocycles. The van der Waals surface area contributed by atoms with Crippen molar-refractivity contribution in [2.45, 2.75) is 6.92 Å². The largest absolute Gasteiger partial charge is 0.368 e. The lowest BCUT2D eigenvalue weighted by molar-refractivity contribution is -0.122. The molecule has 0 saturated heterocycles. The lowest BCUT2D eigenvalue weighted by Crippen LogP contribution is -2.32. The average molecular weight is 253 g/mol. The van der Waals surface area contributed by atoms with Gasteiger partial charge in [-0.25, -0.2) is 0 Å². The third-order valence-electron chi connectivity index (χ3n) is 2.06. The Balaban J connectivity index is 2.61. The van der Waals surface area contributed by atoms with Crippen molar-refractivity contribution in [1.82, 2.24) is 5.32 Å². The van der Waals surface area contributed by atoms with E-state index < -0.39 is 5.91 Å². The molecule has 1 aromatic rings. The van der Waals surface area contributed by atoms with Gasteiger partial charge in [-0.2, -0.15) is 0 Å². The Hall–Kier alpha value is -1.81. The molecule has 4 nitrogen and oxygen atoms in total. The molecule has 0 radical (unpaired) electrons. The number of halogens is 1. The highest BCUT2D eigenvalue weighted by molar-refractivity contribution is 6.31. The van der Waals surface area contributed by atoms with E-state index in [1.54, 1.807) is 12.1 Å². The van der Waals surface area contributed by atoms with Crippen LogP contribution in [0.1, 0.15) is 11.1 Å². The smallest absolute Gasteiger partial charge is 0.244 e. The fourth-order valence-corrected chi connectivity index (χ4v) is 1.31. The molecule has 1 rings (SSSR count). The van der Waals surface area contributed by atoms with Crippen molar-refractivity contribution in [1.29, 1.82) is 0 Å². The van der Waals surface area contributed by atoms with Crippen LogP contribution in [0, 0.1) is 6.92 Å². The van der Waals surface area contributed by atoms with Crippen molar-refractivity contribution in [3.63, 3.8) is 0 Å². The second-order valence-corrected chi connectivity index (χ2v) is 3.93. The van der Waals surface area contributed by atoms with Gasteiger partial charge in [-0.05, 0) is 30.2 Å². The Labute approximate surface area is 104 Å². The summed E-state index contributed by atoms with van der Waals surface area (Å²) in [7, 11) is 0. The first-order valence-electron chi connectivity index (χ1n) is 4.99. The van der Waals surface area contributed by atoms with Gasteiger partial charge in [-0.3, -0.25) is 9.59 Å². The van der Waals surface area contributed by atoms with E-state index in [0.717, 1.165) is 11.1 Å². The van der Waals surface area contributed by atoms with Crippen LogP contribution in [-0.2, 0) is 9.59 Å². The molecule has 0 aliphatic carbocycles. The van der Waals surface area contributed by atoms with Crippen molar-refractivity contribution in [3.05, 3.63) is 40.4 Å². The van der Waals surface area contributed by atoms with E-state index in [0.29, 0.717) is 5.02 Å². The molecular weight excluding hydrogens is 240 g/mol. The normalized spacial score (nSPS) is 10.5. The summed E-state index contributed by atoms with van der Waals surface area (Å²) in [6.07, 6.45) is 2.94. The van der Waals surface area contributed by atoms with E-state index in [4.69, 9.17) is 17.3 Å². The van der Waals surface area contributed by atoms with Gasteiger partial charge in [0.2, 0.25) is 11.8 Å². The maximum Gasteiger partial charge on any atom is 0.244 e. The molecule has 0 aliphatic rings. The van der Waals surface area contributed by atoms with Gasteiger partial charge in [0, 0.05) is 11.1 Å². The van der Waals surface area contributed by atoms with Gasteiger partial charge in [-0.15, -0.1) is 0 Å². The molecule has 90 valence electrons. The first-order chi connectivity index (χ1) is 7.99. The lowest BCUT2D eigenvalue weighted by Gasteiger charge is -1.99. The number of aryl methyl sites for hydroxylation is 1. The Morgan fingerprint density at radius 3 is 2.76 bits per heavy atom. The zero-order chi connectivity index (χ0) is 12.8. The minimum atomic E-state index is -0.579. The van der Waals surface area contributed by atoms with Crippen LogP contribution in [0.2, 0.25) is 5.02 Å². The summed E-state index contributed by atoms with van der Waals surface area (Å²) in [6, 6.07) is 5.47. The van der Waals surface area contributed by atoms with Crippen LogP contribution in [0.3, 0.4) is 0 Å². The number of amides is 2. The van der Waals surface area contributed by atoms with Crippen molar-refractivity contribution in [2.24, 2.45) is 5.73 Å². The van der Waals surface area contributed by atoms with Crippen LogP contribution in [-0.4, -0.2) is 18.4 Å². The maximum absolute atomic E-state index is 11.2. The molecule has 3 N–H and O–H groups in total. The van der Waals surface area contributed by atoms with Gasteiger partial charge in [0.05, 0.1) is 6.54 Å². The molecule has 2 amide bonds. The monoisotopic (exact) mass is 252 g/mol. The number of benzene rings is 1. The highest BCUT2D eigenvalue weighted by Gasteiger charge is 1.98. The lowest BCUT2D eigenvalue weighted by atomic mass is 10.1. The van der Waals surface area contributed by atoms with Crippen LogP contribution in [0.15, 0.2) is 24.3 Å². The van der Waals surface area contributed by atoms with E-state index in [-0.39, 0.29) is 12.5 Å². The molecule has 1 aromatic carbocycles. The highest BCUT2D eigenvalue weighted by Crippen LogP contribution is 2.17. The van der Waals surface area contributed by atoms with E-state index in [1.165, 1.54) is 6.08 Å². The van der Waals surface area contributed by atoms with Gasteiger partial charge in [0.15, 0.2) is 0 Å². The number of nitrogens with one attached hydrogen (secondary N) is 1. The van der Waals surface area contributed by atoms with Gasteiger partial charge in [0.25, 0.3) is 0 Å². The summed E-state index contributed by atoms with van der Waals surface area (Å²) in [5, 5.41) is 2.99. The third kappa shape index (κ3) is 4.70. The number of nitrogens with two attached hydrogens (primary N) is 1. The van der Waals surface area contributed by atoms with Crippen LogP contribution in [0.25, 0.3) is 6.08 Å². The Bertz CT molecular complexity index is 470. The molecule has 0 aliphatic heterocycles. The highest BCUT2D eigenvalue weighted by atomic mass is 35.5. The summed E-state index contributed by atoms with van der Waals surface area (Å²) in [5.74, 6) is -0.953. The second-order valence-electron chi connectivity index (χ2n) is 3.53. The van der Waals surface area contributed by atoms with Crippen LogP contribution < -0.4 is 11.1 Å². The summed E-state index contributed by atoms with van der Waals surface area (Å²) >= 11 is 5.94. The number of rotatable bonds is 4. The predicted octanol–water partition coefficient (Wildman–Crippen LogP) is 1.26. The van der Waals surface area contributed by atoms with Crippen molar-refractivity contribution in [3.8, 4) is 0 Å². The summed E-state index contributed by atoms with van der Waals surface area (Å²) in [4.78, 5) is 21.7. The van der Waals surface area contributed by atoms with E-state index in [1.807, 2.05) is 19.1 Å². The van der Waals surface area contributed by atoms with Crippen molar-refractivity contribution in [2.75, 3.05) is 6.54 Å². The molecule has 0 unspecified atom stereocenters. The SMILES string of the molecule is Cc1ccc(/C=C/C(=O)NCC(N)=O)cc1Cl. The summed E-state index contributed by atoms with van der Waals surface area (Å²) in [6.45, 7) is 1.73. The molecule has 0 bridgehead atoms. The zero-order valence-corrected chi connectivity index (χ0v) is 10.1. The minimum absolute atomic E-state index is 0.169. The second kappa shape index (κ2) is 6.06. The van der Waals surface area contributed by atoms with Crippen LogP contribution in [0.4, 0.5) is 0 Å². The van der Waals surface area contributed by atoms with Crippen molar-refractivity contribution < 1.29 is 9.59 Å². The number of carbonyl (C=O) groups is 2. The van der Waals surface area contributed by atoms with E-state index in [9.17, 15) is 9.59 Å². The average Bonchev–Trinajstić information content (AvgIpc) is 2.28. The van der Waals surface area contributed by atoms with Crippen LogP contribution >= 0.6 is 11.6 Å². The summed E-state index contributed by atoms with van der Waals surface area (Å²) in [5.41, 5.74) is 6.68. The number of hydrogen-bond acceptors (Lipinski definition) is 2. The first-order valence-corrected chi connectivity index (χ1v) is 5.37. The van der Waals surface area contributed by atoms with Gasteiger partial charge >= 0.3 is 0 Å². The summed E-state index contributed by atoms with van der Waals surface area (Å²) < 4.78 is 0. The Morgan fingerprint density at radius 1 is 1.47 bits per heavy atom. The Morgan fingerprint density at radius 2 is 2.18 bits per heavy atom. The molecule has 0 aromatic heterocycles. The van der Waals surface area contributed by atoms with Crippen molar-refractivity contribution >= 4 is 29.5 Å². The molecule has 0 heterocycles. The Kier molecular flexibility index (Phi) is 4.72. The number of hydrogen-bond donors (Lipinski definition) is 2. The molecule has 0 fully saturated rings. The maximum atomic E-state index is 11.2. The van der Waals surface area contributed by atoms with Gasteiger partial charge < -0.3 is 11.1 Å². The molecule has 0 spiro atoms. The van der Waals surface area contributed by atoms with E-state index in [2.05, 4.69) is 5.32 Å². The topological polar surface area (TPSA) is 72.2 Å². The predicted molar refractivity (Wildman–Crippen MR) is 67.4 cm³/mol. The third-order valence-corrected chi connectivity index (χ3v) is 2.47. The zero-order valence-electron chi connectivity index (χ0n) is 9.37. The van der Waals surface area contributed by atoms with E-state index >= 15 is 0 Å². The molecular formula is C12H13ClN2O2. The quantitative estimate of drug-likeness (QED) is 0.792.